The first-order valence-corrected chi connectivity index (χ1v) is 14.2. The van der Waals surface area contributed by atoms with Crippen molar-refractivity contribution in [1.82, 2.24) is 0 Å². The summed E-state index contributed by atoms with van der Waals surface area (Å²) in [5.74, 6) is -0.632. The molecule has 6 aromatic rings. The van der Waals surface area contributed by atoms with Crippen molar-refractivity contribution in [3.8, 4) is 11.5 Å². The van der Waals surface area contributed by atoms with Crippen LogP contribution in [0.5, 0.6) is 11.5 Å². The molecule has 0 aliphatic carbocycles. The Morgan fingerprint density at radius 3 is 1.22 bits per heavy atom. The van der Waals surface area contributed by atoms with Gasteiger partial charge in [-0.25, -0.2) is 18.0 Å². The normalized spacial score (nSPS) is 11.3. The molecule has 6 rings (SSSR count). The predicted octanol–water partition coefficient (Wildman–Crippen LogP) is 7.26. The molecule has 0 radical (unpaired) electrons. The summed E-state index contributed by atoms with van der Waals surface area (Å²) >= 11 is 0. The zero-order chi connectivity index (χ0) is 28.4. The lowest BCUT2D eigenvalue weighted by Gasteiger charge is -2.10. The smallest absolute Gasteiger partial charge is 0.344 e. The summed E-state index contributed by atoms with van der Waals surface area (Å²) < 4.78 is 37.5. The highest BCUT2D eigenvalue weighted by atomic mass is 32.2. The maximum atomic E-state index is 13.2. The van der Waals surface area contributed by atoms with Gasteiger partial charge < -0.3 is 9.47 Å². The van der Waals surface area contributed by atoms with Crippen molar-refractivity contribution >= 4 is 43.3 Å². The van der Waals surface area contributed by atoms with Crippen molar-refractivity contribution in [3.63, 3.8) is 0 Å². The van der Waals surface area contributed by atoms with E-state index >= 15 is 0 Å². The molecule has 0 fully saturated rings. The number of carbonyl (C=O) groups is 2. The minimum Gasteiger partial charge on any atom is -0.423 e. The number of carbonyl (C=O) groups excluding carboxylic acids is 2. The number of hydrogen-bond acceptors (Lipinski definition) is 6. The van der Waals surface area contributed by atoms with Gasteiger partial charge in [0.15, 0.2) is 0 Å². The Morgan fingerprint density at radius 1 is 0.439 bits per heavy atom. The van der Waals surface area contributed by atoms with Crippen molar-refractivity contribution in [2.24, 2.45) is 0 Å². The van der Waals surface area contributed by atoms with Gasteiger partial charge in [-0.15, -0.1) is 0 Å². The summed E-state index contributed by atoms with van der Waals surface area (Å²) in [5.41, 5.74) is 0.835. The van der Waals surface area contributed by atoms with E-state index < -0.39 is 21.8 Å². The van der Waals surface area contributed by atoms with Crippen LogP contribution >= 0.6 is 0 Å². The molecule has 200 valence electrons. The van der Waals surface area contributed by atoms with Gasteiger partial charge in [-0.3, -0.25) is 0 Å². The Morgan fingerprint density at radius 2 is 0.805 bits per heavy atom. The van der Waals surface area contributed by atoms with Gasteiger partial charge in [-0.2, -0.15) is 0 Å². The van der Waals surface area contributed by atoms with Crippen LogP contribution in [-0.4, -0.2) is 20.4 Å². The van der Waals surface area contributed by atoms with Crippen LogP contribution in [0.1, 0.15) is 20.7 Å². The molecule has 0 atom stereocenters. The van der Waals surface area contributed by atoms with E-state index in [4.69, 9.17) is 9.47 Å². The highest BCUT2D eigenvalue weighted by Gasteiger charge is 2.20. The van der Waals surface area contributed by atoms with Crippen LogP contribution in [0.2, 0.25) is 0 Å². The van der Waals surface area contributed by atoms with E-state index in [9.17, 15) is 18.0 Å². The standard InChI is InChI=1S/C34H22O6S/c35-33(31-13-5-9-23-7-1-3-11-29(23)31)39-25-15-19-27(20-16-25)41(37,38)28-21-17-26(18-22-28)40-34(36)32-14-6-10-24-8-2-4-12-30(24)32/h1-22H. The minimum atomic E-state index is -3.87. The fraction of sp³-hybridized carbons (Fsp3) is 0. The van der Waals surface area contributed by atoms with Gasteiger partial charge in [-0.05, 0) is 82.2 Å². The average Bonchev–Trinajstić information content (AvgIpc) is 3.01. The van der Waals surface area contributed by atoms with Gasteiger partial charge in [0.05, 0.1) is 20.9 Å². The average molecular weight is 559 g/mol. The predicted molar refractivity (Wildman–Crippen MR) is 156 cm³/mol. The number of hydrogen-bond donors (Lipinski definition) is 0. The lowest BCUT2D eigenvalue weighted by Crippen LogP contribution is -2.10. The van der Waals surface area contributed by atoms with Crippen LogP contribution in [0.4, 0.5) is 0 Å². The van der Waals surface area contributed by atoms with E-state index in [0.29, 0.717) is 11.1 Å². The molecule has 0 N–H and O–H groups in total. The first-order chi connectivity index (χ1) is 19.9. The second kappa shape index (κ2) is 10.7. The summed E-state index contributed by atoms with van der Waals surface area (Å²) in [6.45, 7) is 0. The second-order valence-corrected chi connectivity index (χ2v) is 11.2. The third kappa shape index (κ3) is 5.18. The van der Waals surface area contributed by atoms with Gasteiger partial charge in [0, 0.05) is 0 Å². The van der Waals surface area contributed by atoms with Crippen molar-refractivity contribution in [2.75, 3.05) is 0 Å². The van der Waals surface area contributed by atoms with Crippen molar-refractivity contribution in [2.45, 2.75) is 9.79 Å². The zero-order valence-corrected chi connectivity index (χ0v) is 22.4. The largest absolute Gasteiger partial charge is 0.423 e. The van der Waals surface area contributed by atoms with Gasteiger partial charge >= 0.3 is 11.9 Å². The molecule has 41 heavy (non-hydrogen) atoms. The van der Waals surface area contributed by atoms with Gasteiger partial charge in [0.2, 0.25) is 9.84 Å². The molecule has 0 saturated heterocycles. The molecule has 0 aliphatic heterocycles. The van der Waals surface area contributed by atoms with Crippen molar-refractivity contribution in [1.29, 1.82) is 0 Å². The Hall–Kier alpha value is -5.27. The molecule has 0 aliphatic rings. The fourth-order valence-electron chi connectivity index (χ4n) is 4.64. The van der Waals surface area contributed by atoms with Gasteiger partial charge in [0.1, 0.15) is 11.5 Å². The molecule has 6 nitrogen and oxygen atoms in total. The first-order valence-electron chi connectivity index (χ1n) is 12.8. The van der Waals surface area contributed by atoms with E-state index in [-0.39, 0.29) is 21.3 Å². The molecular formula is C34H22O6S. The molecule has 0 amide bonds. The third-order valence-electron chi connectivity index (χ3n) is 6.71. The van der Waals surface area contributed by atoms with Crippen molar-refractivity contribution in [3.05, 3.63) is 145 Å². The molecule has 7 heteroatoms. The number of benzene rings is 6. The summed E-state index contributed by atoms with van der Waals surface area (Å²) in [6.07, 6.45) is 0. The maximum Gasteiger partial charge on any atom is 0.344 e. The molecule has 0 spiro atoms. The number of fused-ring (bicyclic) bond motifs is 2. The van der Waals surface area contributed by atoms with E-state index in [1.54, 1.807) is 24.3 Å². The monoisotopic (exact) mass is 558 g/mol. The van der Waals surface area contributed by atoms with E-state index in [0.717, 1.165) is 21.5 Å². The zero-order valence-electron chi connectivity index (χ0n) is 21.6. The number of sulfone groups is 1. The highest BCUT2D eigenvalue weighted by Crippen LogP contribution is 2.27. The van der Waals surface area contributed by atoms with Crippen LogP contribution in [0.25, 0.3) is 21.5 Å². The fourth-order valence-corrected chi connectivity index (χ4v) is 5.90. The number of ether oxygens (including phenoxy) is 2. The Kier molecular flexibility index (Phi) is 6.79. The second-order valence-electron chi connectivity index (χ2n) is 9.28. The summed E-state index contributed by atoms with van der Waals surface area (Å²) in [7, 11) is -3.87. The summed E-state index contributed by atoms with van der Waals surface area (Å²) in [6, 6.07) is 37.0. The number of rotatable bonds is 6. The Labute approximate surface area is 236 Å². The van der Waals surface area contributed by atoms with Crippen LogP contribution in [0.3, 0.4) is 0 Å². The SMILES string of the molecule is O=C(Oc1ccc(S(=O)(=O)c2ccc(OC(=O)c3cccc4ccccc34)cc2)cc1)c1cccc2ccccc12. The molecular weight excluding hydrogens is 536 g/mol. The van der Waals surface area contributed by atoms with Crippen LogP contribution in [0, 0.1) is 0 Å². The third-order valence-corrected chi connectivity index (χ3v) is 8.49. The summed E-state index contributed by atoms with van der Waals surface area (Å²) in [5, 5.41) is 3.37. The Bertz CT molecular complexity index is 1880. The first kappa shape index (κ1) is 26.0. The van der Waals surface area contributed by atoms with E-state index in [1.165, 1.54) is 48.5 Å². The maximum absolute atomic E-state index is 13.2. The quantitative estimate of drug-likeness (QED) is 0.158. The van der Waals surface area contributed by atoms with E-state index in [1.807, 2.05) is 60.7 Å². The van der Waals surface area contributed by atoms with Gasteiger partial charge in [0.25, 0.3) is 0 Å². The molecule has 0 saturated carbocycles. The van der Waals surface area contributed by atoms with Crippen LogP contribution < -0.4 is 9.47 Å². The minimum absolute atomic E-state index is 0.0305. The lowest BCUT2D eigenvalue weighted by atomic mass is 10.0. The highest BCUT2D eigenvalue weighted by molar-refractivity contribution is 7.91. The van der Waals surface area contributed by atoms with Crippen LogP contribution in [-0.2, 0) is 9.84 Å². The number of esters is 2. The molecule has 0 aromatic heterocycles. The van der Waals surface area contributed by atoms with E-state index in [2.05, 4.69) is 0 Å². The van der Waals surface area contributed by atoms with Gasteiger partial charge in [-0.1, -0.05) is 72.8 Å². The molecule has 0 unspecified atom stereocenters. The van der Waals surface area contributed by atoms with Crippen molar-refractivity contribution < 1.29 is 27.5 Å². The molecule has 6 aromatic carbocycles. The Balaban J connectivity index is 1.16. The summed E-state index contributed by atoms with van der Waals surface area (Å²) in [4.78, 5) is 25.7. The molecule has 0 heterocycles. The van der Waals surface area contributed by atoms with Crippen LogP contribution in [0.15, 0.2) is 143 Å². The topological polar surface area (TPSA) is 86.7 Å². The lowest BCUT2D eigenvalue weighted by molar-refractivity contribution is 0.0727. The molecule has 0 bridgehead atoms.